The van der Waals surface area contributed by atoms with E-state index in [1.54, 1.807) is 0 Å². The molecule has 9 heteroatoms. The third-order valence-electron chi connectivity index (χ3n) is 4.89. The molecular weight excluding hydrogens is 430 g/mol. The van der Waals surface area contributed by atoms with E-state index in [0.717, 1.165) is 35.0 Å². The van der Waals surface area contributed by atoms with Crippen molar-refractivity contribution in [2.24, 2.45) is 0 Å². The zero-order chi connectivity index (χ0) is 20.6. The molecule has 1 aromatic heterocycles. The minimum Gasteiger partial charge on any atom is -0.298 e. The molecule has 29 heavy (non-hydrogen) atoms. The lowest BCUT2D eigenvalue weighted by atomic mass is 10.2. The molecule has 0 radical (unpaired) electrons. The van der Waals surface area contributed by atoms with Crippen molar-refractivity contribution in [3.8, 4) is 0 Å². The van der Waals surface area contributed by atoms with Crippen LogP contribution in [0.3, 0.4) is 0 Å². The molecule has 1 N–H and O–H groups in total. The normalized spacial score (nSPS) is 15.5. The number of rotatable bonds is 4. The van der Waals surface area contributed by atoms with Gasteiger partial charge in [-0.25, -0.2) is 13.4 Å². The first-order chi connectivity index (χ1) is 13.8. The van der Waals surface area contributed by atoms with E-state index in [0.29, 0.717) is 18.2 Å². The van der Waals surface area contributed by atoms with Gasteiger partial charge in [-0.15, -0.1) is 0 Å². The highest BCUT2D eigenvalue weighted by Gasteiger charge is 2.28. The maximum Gasteiger partial charge on any atom is 0.257 e. The first-order valence-corrected chi connectivity index (χ1v) is 12.0. The van der Waals surface area contributed by atoms with E-state index >= 15 is 0 Å². The van der Waals surface area contributed by atoms with E-state index in [2.05, 4.69) is 10.3 Å². The minimum atomic E-state index is -3.74. The summed E-state index contributed by atoms with van der Waals surface area (Å²) in [5.41, 5.74) is 2.14. The summed E-state index contributed by atoms with van der Waals surface area (Å²) >= 11 is 7.56. The van der Waals surface area contributed by atoms with Crippen molar-refractivity contribution in [1.82, 2.24) is 9.29 Å². The van der Waals surface area contributed by atoms with E-state index in [9.17, 15) is 13.2 Å². The minimum absolute atomic E-state index is 0.0337. The van der Waals surface area contributed by atoms with Crippen LogP contribution in [0.1, 0.15) is 35.2 Å². The fraction of sp³-hybridized carbons (Fsp3) is 0.300. The number of carbonyl (C=O) groups is 1. The highest BCUT2D eigenvalue weighted by atomic mass is 35.5. The first-order valence-electron chi connectivity index (χ1n) is 9.33. The first kappa shape index (κ1) is 20.3. The largest absolute Gasteiger partial charge is 0.298 e. The van der Waals surface area contributed by atoms with Gasteiger partial charge < -0.3 is 0 Å². The number of thiazole rings is 1. The fourth-order valence-corrected chi connectivity index (χ4v) is 6.32. The molecule has 2 aromatic carbocycles. The molecule has 3 aromatic rings. The second-order valence-electron chi connectivity index (χ2n) is 7.05. The molecule has 4 rings (SSSR count). The van der Waals surface area contributed by atoms with Gasteiger partial charge in [-0.3, -0.25) is 10.1 Å². The molecule has 0 unspecified atom stereocenters. The second kappa shape index (κ2) is 8.02. The number of hydrogen-bond donors (Lipinski definition) is 1. The van der Waals surface area contributed by atoms with Gasteiger partial charge in [-0.05, 0) is 55.7 Å². The summed E-state index contributed by atoms with van der Waals surface area (Å²) in [6, 6.07) is 10.2. The van der Waals surface area contributed by atoms with Crippen LogP contribution in [0.5, 0.6) is 0 Å². The van der Waals surface area contributed by atoms with Gasteiger partial charge in [-0.2, -0.15) is 4.31 Å². The molecule has 0 atom stereocenters. The monoisotopic (exact) mass is 449 g/mol. The standard InChI is InChI=1S/C20H20ClN3O3S2/c1-13-5-8-16-17(11-13)28-20(22-16)23-19(25)14-6-7-15(21)18(12-14)29(26,27)24-9-3-2-4-10-24/h5-8,11-12H,2-4,9-10H2,1H3,(H,22,23,25). The van der Waals surface area contributed by atoms with Gasteiger partial charge in [0.1, 0.15) is 4.90 Å². The lowest BCUT2D eigenvalue weighted by molar-refractivity contribution is 0.102. The van der Waals surface area contributed by atoms with Crippen LogP contribution >= 0.6 is 22.9 Å². The molecule has 1 aliphatic rings. The van der Waals surface area contributed by atoms with Crippen molar-refractivity contribution in [3.05, 3.63) is 52.5 Å². The highest BCUT2D eigenvalue weighted by molar-refractivity contribution is 7.89. The molecule has 1 aliphatic heterocycles. The number of hydrogen-bond acceptors (Lipinski definition) is 5. The number of aryl methyl sites for hydroxylation is 1. The van der Waals surface area contributed by atoms with Gasteiger partial charge in [0.25, 0.3) is 5.91 Å². The molecule has 0 bridgehead atoms. The number of benzene rings is 2. The molecule has 0 saturated carbocycles. The molecule has 1 amide bonds. The van der Waals surface area contributed by atoms with Crippen molar-refractivity contribution in [2.45, 2.75) is 31.1 Å². The Kier molecular flexibility index (Phi) is 5.61. The van der Waals surface area contributed by atoms with Crippen LogP contribution < -0.4 is 5.32 Å². The maximum atomic E-state index is 13.0. The Hall–Kier alpha value is -2.00. The van der Waals surface area contributed by atoms with Gasteiger partial charge in [0.15, 0.2) is 5.13 Å². The second-order valence-corrected chi connectivity index (χ2v) is 10.4. The molecule has 0 aliphatic carbocycles. The maximum absolute atomic E-state index is 13.0. The number of fused-ring (bicyclic) bond motifs is 1. The Bertz CT molecular complexity index is 1180. The molecule has 152 valence electrons. The van der Waals surface area contributed by atoms with Gasteiger partial charge in [0.2, 0.25) is 10.0 Å². The van der Waals surface area contributed by atoms with E-state index in [1.807, 2.05) is 25.1 Å². The summed E-state index contributed by atoms with van der Waals surface area (Å²) in [5.74, 6) is -0.424. The third-order valence-corrected chi connectivity index (χ3v) is 8.20. The van der Waals surface area contributed by atoms with E-state index in [4.69, 9.17) is 11.6 Å². The number of piperidine rings is 1. The Balaban J connectivity index is 1.61. The van der Waals surface area contributed by atoms with Crippen LogP contribution in [-0.2, 0) is 10.0 Å². The van der Waals surface area contributed by atoms with Gasteiger partial charge in [0.05, 0.1) is 15.2 Å². The summed E-state index contributed by atoms with van der Waals surface area (Å²) in [6.45, 7) is 2.94. The Labute approximate surface area is 178 Å². The van der Waals surface area contributed by atoms with E-state index in [1.165, 1.54) is 33.8 Å². The lowest BCUT2D eigenvalue weighted by Crippen LogP contribution is -2.35. The summed E-state index contributed by atoms with van der Waals surface area (Å²) < 4.78 is 28.4. The Morgan fingerprint density at radius 2 is 1.90 bits per heavy atom. The lowest BCUT2D eigenvalue weighted by Gasteiger charge is -2.26. The Morgan fingerprint density at radius 1 is 1.14 bits per heavy atom. The quantitative estimate of drug-likeness (QED) is 0.626. The molecule has 6 nitrogen and oxygen atoms in total. The van der Waals surface area contributed by atoms with Crippen LogP contribution in [-0.4, -0.2) is 36.7 Å². The molecular formula is C20H20ClN3O3S2. The van der Waals surface area contributed by atoms with Gasteiger partial charge in [0, 0.05) is 18.7 Å². The zero-order valence-electron chi connectivity index (χ0n) is 15.8. The predicted octanol–water partition coefficient (Wildman–Crippen LogP) is 4.69. The number of nitrogens with one attached hydrogen (secondary N) is 1. The highest BCUT2D eigenvalue weighted by Crippen LogP contribution is 2.30. The number of amides is 1. The summed E-state index contributed by atoms with van der Waals surface area (Å²) in [7, 11) is -3.74. The third kappa shape index (κ3) is 4.16. The van der Waals surface area contributed by atoms with Crippen LogP contribution in [0.2, 0.25) is 5.02 Å². The van der Waals surface area contributed by atoms with Crippen molar-refractivity contribution in [1.29, 1.82) is 0 Å². The van der Waals surface area contributed by atoms with Crippen molar-refractivity contribution < 1.29 is 13.2 Å². The van der Waals surface area contributed by atoms with Crippen LogP contribution in [0.25, 0.3) is 10.2 Å². The summed E-state index contributed by atoms with van der Waals surface area (Å²) in [5, 5.41) is 3.34. The zero-order valence-corrected chi connectivity index (χ0v) is 18.2. The van der Waals surface area contributed by atoms with Gasteiger partial charge >= 0.3 is 0 Å². The summed E-state index contributed by atoms with van der Waals surface area (Å²) in [4.78, 5) is 17.1. The molecule has 1 fully saturated rings. The molecule has 2 heterocycles. The number of aromatic nitrogens is 1. The average molecular weight is 450 g/mol. The number of nitrogens with zero attached hydrogens (tertiary/aromatic N) is 2. The van der Waals surface area contributed by atoms with Crippen LogP contribution in [0.4, 0.5) is 5.13 Å². The number of anilines is 1. The fourth-order valence-electron chi connectivity index (χ4n) is 3.34. The van der Waals surface area contributed by atoms with Crippen LogP contribution in [0, 0.1) is 6.92 Å². The molecule has 0 spiro atoms. The average Bonchev–Trinajstić information content (AvgIpc) is 3.10. The van der Waals surface area contributed by atoms with E-state index in [-0.39, 0.29) is 15.5 Å². The Morgan fingerprint density at radius 3 is 2.66 bits per heavy atom. The van der Waals surface area contributed by atoms with E-state index < -0.39 is 15.9 Å². The van der Waals surface area contributed by atoms with Gasteiger partial charge in [-0.1, -0.05) is 35.4 Å². The smallest absolute Gasteiger partial charge is 0.257 e. The van der Waals surface area contributed by atoms with Crippen molar-refractivity contribution in [2.75, 3.05) is 18.4 Å². The van der Waals surface area contributed by atoms with Crippen molar-refractivity contribution >= 4 is 54.2 Å². The van der Waals surface area contributed by atoms with Crippen LogP contribution in [0.15, 0.2) is 41.3 Å². The topological polar surface area (TPSA) is 79.4 Å². The number of carbonyl (C=O) groups excluding carboxylic acids is 1. The number of halogens is 1. The predicted molar refractivity (Wildman–Crippen MR) is 116 cm³/mol. The van der Waals surface area contributed by atoms with Crippen molar-refractivity contribution in [3.63, 3.8) is 0 Å². The SMILES string of the molecule is Cc1ccc2nc(NC(=O)c3ccc(Cl)c(S(=O)(=O)N4CCCCC4)c3)sc2c1. The number of sulfonamides is 1. The molecule has 1 saturated heterocycles. The summed E-state index contributed by atoms with van der Waals surface area (Å²) in [6.07, 6.45) is 2.67.